The van der Waals surface area contributed by atoms with Crippen LogP contribution in [0.2, 0.25) is 0 Å². The summed E-state index contributed by atoms with van der Waals surface area (Å²) >= 11 is 0. The van der Waals surface area contributed by atoms with E-state index < -0.39 is 11.7 Å². The van der Waals surface area contributed by atoms with Gasteiger partial charge in [0.05, 0.1) is 5.56 Å². The van der Waals surface area contributed by atoms with Crippen LogP contribution in [0.25, 0.3) is 10.9 Å². The molecule has 2 nitrogen and oxygen atoms in total. The molecule has 0 atom stereocenters. The average molecular weight is 305 g/mol. The van der Waals surface area contributed by atoms with E-state index in [1.807, 2.05) is 25.1 Å². The summed E-state index contributed by atoms with van der Waals surface area (Å²) in [7, 11) is 0. The number of hydrogen-bond acceptors (Lipinski definition) is 1. The van der Waals surface area contributed by atoms with Crippen LogP contribution in [0.15, 0.2) is 48.7 Å². The van der Waals surface area contributed by atoms with E-state index in [0.29, 0.717) is 0 Å². The molecule has 1 aromatic heterocycles. The molecule has 3 rings (SSSR count). The van der Waals surface area contributed by atoms with Crippen molar-refractivity contribution >= 4 is 10.9 Å². The van der Waals surface area contributed by atoms with Gasteiger partial charge >= 0.3 is 6.18 Å². The molecule has 114 valence electrons. The summed E-state index contributed by atoms with van der Waals surface area (Å²) < 4.78 is 44.3. The first-order valence-electron chi connectivity index (χ1n) is 6.81. The Labute approximate surface area is 125 Å². The van der Waals surface area contributed by atoms with Gasteiger partial charge in [-0.05, 0) is 30.7 Å². The quantitative estimate of drug-likeness (QED) is 0.717. The highest BCUT2D eigenvalue weighted by atomic mass is 19.4. The maximum absolute atomic E-state index is 12.9. The van der Waals surface area contributed by atoms with E-state index in [1.54, 1.807) is 6.20 Å². The molecule has 22 heavy (non-hydrogen) atoms. The molecule has 0 spiro atoms. The average Bonchev–Trinajstić information content (AvgIpc) is 2.89. The summed E-state index contributed by atoms with van der Waals surface area (Å²) in [4.78, 5) is 3.11. The molecule has 0 radical (unpaired) electrons. The van der Waals surface area contributed by atoms with Gasteiger partial charge in [-0.3, -0.25) is 0 Å². The zero-order valence-corrected chi connectivity index (χ0v) is 11.9. The molecule has 3 aromatic rings. The second-order valence-corrected chi connectivity index (χ2v) is 5.09. The van der Waals surface area contributed by atoms with Crippen molar-refractivity contribution in [3.05, 3.63) is 65.4 Å². The first-order chi connectivity index (χ1) is 10.5. The van der Waals surface area contributed by atoms with Gasteiger partial charge < -0.3 is 9.72 Å². The van der Waals surface area contributed by atoms with E-state index in [-0.39, 0.29) is 12.4 Å². The van der Waals surface area contributed by atoms with E-state index >= 15 is 0 Å². The van der Waals surface area contributed by atoms with Gasteiger partial charge in [-0.2, -0.15) is 13.2 Å². The maximum Gasteiger partial charge on any atom is 0.419 e. The SMILES string of the molecule is Cc1cccc2[nH]cc(COc3ccccc3C(F)(F)F)c12. The Hall–Kier alpha value is -2.43. The van der Waals surface area contributed by atoms with Crippen molar-refractivity contribution in [2.45, 2.75) is 19.7 Å². The largest absolute Gasteiger partial charge is 0.488 e. The molecule has 1 heterocycles. The first kappa shape index (κ1) is 14.5. The minimum absolute atomic E-state index is 0.0813. The molecule has 0 unspecified atom stereocenters. The molecular formula is C17H14F3NO. The van der Waals surface area contributed by atoms with E-state index in [0.717, 1.165) is 28.1 Å². The van der Waals surface area contributed by atoms with E-state index in [4.69, 9.17) is 4.74 Å². The number of halogens is 3. The minimum atomic E-state index is -4.42. The highest BCUT2D eigenvalue weighted by Gasteiger charge is 2.34. The third-order valence-electron chi connectivity index (χ3n) is 3.57. The van der Waals surface area contributed by atoms with Crippen molar-refractivity contribution in [2.75, 3.05) is 0 Å². The van der Waals surface area contributed by atoms with Crippen LogP contribution in [-0.2, 0) is 12.8 Å². The topological polar surface area (TPSA) is 25.0 Å². The molecule has 5 heteroatoms. The Morgan fingerprint density at radius 3 is 2.59 bits per heavy atom. The van der Waals surface area contributed by atoms with Crippen molar-refractivity contribution in [2.24, 2.45) is 0 Å². The van der Waals surface area contributed by atoms with Crippen LogP contribution in [0, 0.1) is 6.92 Å². The van der Waals surface area contributed by atoms with Gasteiger partial charge in [-0.1, -0.05) is 24.3 Å². The fraction of sp³-hybridized carbons (Fsp3) is 0.176. The molecule has 0 fully saturated rings. The molecular weight excluding hydrogens is 291 g/mol. The third-order valence-corrected chi connectivity index (χ3v) is 3.57. The molecule has 0 bridgehead atoms. The minimum Gasteiger partial charge on any atom is -0.488 e. The normalized spacial score (nSPS) is 11.8. The predicted octanol–water partition coefficient (Wildman–Crippen LogP) is 5.07. The second kappa shape index (κ2) is 5.40. The van der Waals surface area contributed by atoms with Gasteiger partial charge in [-0.25, -0.2) is 0 Å². The van der Waals surface area contributed by atoms with Crippen LogP contribution in [0.1, 0.15) is 16.7 Å². The molecule has 0 saturated heterocycles. The van der Waals surface area contributed by atoms with Crippen LogP contribution < -0.4 is 4.74 Å². The number of ether oxygens (including phenoxy) is 1. The van der Waals surface area contributed by atoms with Crippen LogP contribution in [0.3, 0.4) is 0 Å². The van der Waals surface area contributed by atoms with Crippen molar-refractivity contribution in [1.29, 1.82) is 0 Å². The lowest BCUT2D eigenvalue weighted by Crippen LogP contribution is -2.08. The zero-order chi connectivity index (χ0) is 15.7. The summed E-state index contributed by atoms with van der Waals surface area (Å²) in [6.07, 6.45) is -2.65. The molecule has 0 aliphatic heterocycles. The van der Waals surface area contributed by atoms with Crippen molar-refractivity contribution < 1.29 is 17.9 Å². The maximum atomic E-state index is 12.9. The number of aromatic nitrogens is 1. The number of H-pyrrole nitrogens is 1. The molecule has 1 N–H and O–H groups in total. The van der Waals surface area contributed by atoms with E-state index in [9.17, 15) is 13.2 Å². The smallest absolute Gasteiger partial charge is 0.419 e. The van der Waals surface area contributed by atoms with Crippen molar-refractivity contribution in [1.82, 2.24) is 4.98 Å². The number of fused-ring (bicyclic) bond motifs is 1. The fourth-order valence-corrected chi connectivity index (χ4v) is 2.55. The molecule has 0 aliphatic rings. The van der Waals surface area contributed by atoms with Gasteiger partial charge in [-0.15, -0.1) is 0 Å². The number of alkyl halides is 3. The summed E-state index contributed by atoms with van der Waals surface area (Å²) in [6, 6.07) is 11.1. The molecule has 0 amide bonds. The number of aryl methyl sites for hydroxylation is 1. The van der Waals surface area contributed by atoms with Crippen LogP contribution in [-0.4, -0.2) is 4.98 Å². The summed E-state index contributed by atoms with van der Waals surface area (Å²) in [5, 5.41) is 0.993. The molecule has 2 aromatic carbocycles. The molecule has 0 aliphatic carbocycles. The van der Waals surface area contributed by atoms with Gasteiger partial charge in [0.15, 0.2) is 0 Å². The van der Waals surface area contributed by atoms with Crippen molar-refractivity contribution in [3.8, 4) is 5.75 Å². The van der Waals surface area contributed by atoms with E-state index in [1.165, 1.54) is 18.2 Å². The number of hydrogen-bond donors (Lipinski definition) is 1. The Morgan fingerprint density at radius 1 is 1.05 bits per heavy atom. The Morgan fingerprint density at radius 2 is 1.82 bits per heavy atom. The number of benzene rings is 2. The Bertz CT molecular complexity index is 805. The lowest BCUT2D eigenvalue weighted by Gasteiger charge is -2.13. The first-order valence-corrected chi connectivity index (χ1v) is 6.81. The number of rotatable bonds is 3. The Balaban J connectivity index is 1.90. The summed E-state index contributed by atoms with van der Waals surface area (Å²) in [5.74, 6) is -0.155. The number of para-hydroxylation sites is 1. The summed E-state index contributed by atoms with van der Waals surface area (Å²) in [5.41, 5.74) is 2.08. The lowest BCUT2D eigenvalue weighted by atomic mass is 10.1. The lowest BCUT2D eigenvalue weighted by molar-refractivity contribution is -0.139. The standard InChI is InChI=1S/C17H14F3NO/c1-11-5-4-7-14-16(11)12(9-21-14)10-22-15-8-3-2-6-13(15)17(18,19)20/h2-9,21H,10H2,1H3. The Kier molecular flexibility index (Phi) is 3.56. The highest BCUT2D eigenvalue weighted by Crippen LogP contribution is 2.36. The van der Waals surface area contributed by atoms with Crippen molar-refractivity contribution in [3.63, 3.8) is 0 Å². The van der Waals surface area contributed by atoms with Gasteiger partial charge in [0, 0.05) is 22.7 Å². The fourth-order valence-electron chi connectivity index (χ4n) is 2.55. The third kappa shape index (κ3) is 2.66. The summed E-state index contributed by atoms with van der Waals surface area (Å²) in [6.45, 7) is 2.04. The van der Waals surface area contributed by atoms with E-state index in [2.05, 4.69) is 4.98 Å². The second-order valence-electron chi connectivity index (χ2n) is 5.09. The monoisotopic (exact) mass is 305 g/mol. The van der Waals surface area contributed by atoms with Crippen LogP contribution >= 0.6 is 0 Å². The predicted molar refractivity (Wildman–Crippen MR) is 78.8 cm³/mol. The van der Waals surface area contributed by atoms with Gasteiger partial charge in [0.1, 0.15) is 12.4 Å². The highest BCUT2D eigenvalue weighted by molar-refractivity contribution is 5.86. The number of aromatic amines is 1. The van der Waals surface area contributed by atoms with Crippen LogP contribution in [0.5, 0.6) is 5.75 Å². The van der Waals surface area contributed by atoms with Gasteiger partial charge in [0.25, 0.3) is 0 Å². The molecule has 0 saturated carbocycles. The number of nitrogens with one attached hydrogen (secondary N) is 1. The van der Waals surface area contributed by atoms with Crippen LogP contribution in [0.4, 0.5) is 13.2 Å². The zero-order valence-electron chi connectivity index (χ0n) is 11.9. The van der Waals surface area contributed by atoms with Gasteiger partial charge in [0.2, 0.25) is 0 Å².